The van der Waals surface area contributed by atoms with Crippen LogP contribution in [0.3, 0.4) is 0 Å². The van der Waals surface area contributed by atoms with E-state index in [0.717, 1.165) is 6.20 Å². The van der Waals surface area contributed by atoms with Gasteiger partial charge in [-0.05, 0) is 54.6 Å². The van der Waals surface area contributed by atoms with E-state index < -0.39 is 34.4 Å². The van der Waals surface area contributed by atoms with Crippen LogP contribution in [0.2, 0.25) is 0 Å². The molecule has 12 heteroatoms. The topological polar surface area (TPSA) is 80.4 Å². The number of anilines is 2. The number of aryl methyl sites for hydroxylation is 1. The van der Waals surface area contributed by atoms with E-state index in [1.165, 1.54) is 36.8 Å². The average molecular weight is 522 g/mol. The molecule has 4 aromatic rings. The minimum absolute atomic E-state index is 0.0974. The monoisotopic (exact) mass is 522 g/mol. The number of amides is 1. The fourth-order valence-electron chi connectivity index (χ4n) is 3.53. The molecule has 0 spiro atoms. The number of rotatable bonds is 6. The number of carbonyl (C=O) groups excluding carboxylic acids is 1. The van der Waals surface area contributed by atoms with E-state index in [2.05, 4.69) is 19.6 Å². The summed E-state index contributed by atoms with van der Waals surface area (Å²) in [6.07, 6.45) is -0.723. The summed E-state index contributed by atoms with van der Waals surface area (Å²) in [7, 11) is -1.21. The van der Waals surface area contributed by atoms with Crippen molar-refractivity contribution in [1.29, 1.82) is 0 Å². The summed E-state index contributed by atoms with van der Waals surface area (Å²) in [5.74, 6) is -2.61. The van der Waals surface area contributed by atoms with Gasteiger partial charge in [-0.3, -0.25) is 4.79 Å². The van der Waals surface area contributed by atoms with E-state index in [4.69, 9.17) is 4.42 Å². The van der Waals surface area contributed by atoms with Crippen molar-refractivity contribution in [2.75, 3.05) is 11.6 Å². The molecule has 0 fully saturated rings. The largest absolute Gasteiger partial charge is 0.474 e. The average Bonchev–Trinajstić information content (AvgIpc) is 3.31. The Kier molecular flexibility index (Phi) is 7.16. The van der Waals surface area contributed by atoms with Crippen LogP contribution >= 0.6 is 0 Å². The number of benzene rings is 1. The third-order valence-electron chi connectivity index (χ3n) is 5.12. The molecule has 0 radical (unpaired) electrons. The molecule has 4 rings (SSSR count). The molecule has 0 aliphatic carbocycles. The zero-order valence-corrected chi connectivity index (χ0v) is 19.8. The smallest absolute Gasteiger partial charge is 0.464 e. The number of hydrogen-bond donors (Lipinski definition) is 1. The predicted molar refractivity (Wildman–Crippen MR) is 127 cm³/mol. The normalized spacial score (nSPS) is 12.8. The summed E-state index contributed by atoms with van der Waals surface area (Å²) < 4.78 is 74.9. The number of alkyl halides is 3. The van der Waals surface area contributed by atoms with Crippen LogP contribution in [0.4, 0.5) is 33.6 Å². The molecular weight excluding hydrogens is 503 g/mol. The first-order chi connectivity index (χ1) is 17.0. The number of carbonyl (C=O) groups is 1. The summed E-state index contributed by atoms with van der Waals surface area (Å²) in [6.45, 7) is 1.86. The molecule has 1 N–H and O–H groups in total. The molecule has 36 heavy (non-hydrogen) atoms. The van der Waals surface area contributed by atoms with Gasteiger partial charge in [-0.25, -0.2) is 18.7 Å². The highest BCUT2D eigenvalue weighted by molar-refractivity contribution is 7.86. The summed E-state index contributed by atoms with van der Waals surface area (Å²) in [4.78, 5) is 19.7. The highest BCUT2D eigenvalue weighted by Crippen LogP contribution is 2.34. The molecule has 0 saturated heterocycles. The molecule has 1 atom stereocenters. The first-order valence-corrected chi connectivity index (χ1v) is 12.3. The number of hydrogen-bond acceptors (Lipinski definition) is 5. The summed E-state index contributed by atoms with van der Waals surface area (Å²) >= 11 is 0. The lowest BCUT2D eigenvalue weighted by Crippen LogP contribution is -2.21. The first kappa shape index (κ1) is 25.4. The second-order valence-electron chi connectivity index (χ2n) is 7.78. The van der Waals surface area contributed by atoms with Crippen molar-refractivity contribution in [3.8, 4) is 11.1 Å². The molecule has 3 aromatic heterocycles. The molecule has 188 valence electrons. The second-order valence-corrected chi connectivity index (χ2v) is 9.45. The van der Waals surface area contributed by atoms with E-state index in [9.17, 15) is 26.7 Å². The van der Waals surface area contributed by atoms with Gasteiger partial charge < -0.3 is 9.73 Å². The van der Waals surface area contributed by atoms with E-state index in [1.54, 1.807) is 12.1 Å². The summed E-state index contributed by atoms with van der Waals surface area (Å²) in [5.41, 5.74) is 1.91. The van der Waals surface area contributed by atoms with Gasteiger partial charge in [-0.2, -0.15) is 17.5 Å². The number of aromatic nitrogens is 2. The van der Waals surface area contributed by atoms with Crippen LogP contribution in [0.25, 0.3) is 22.1 Å². The molecule has 0 aliphatic heterocycles. The van der Waals surface area contributed by atoms with Crippen LogP contribution < -0.4 is 5.32 Å². The van der Waals surface area contributed by atoms with Crippen LogP contribution in [0.5, 0.6) is 0 Å². The maximum absolute atomic E-state index is 14.7. The van der Waals surface area contributed by atoms with Crippen molar-refractivity contribution in [2.45, 2.75) is 25.3 Å². The lowest BCUT2D eigenvalue weighted by atomic mass is 10.0. The molecule has 1 amide bonds. The van der Waals surface area contributed by atoms with Gasteiger partial charge in [0.2, 0.25) is 0 Å². The Bertz CT molecular complexity index is 1480. The predicted octanol–water partition coefficient (Wildman–Crippen LogP) is 6.49. The zero-order valence-electron chi connectivity index (χ0n) is 19.0. The lowest BCUT2D eigenvalue weighted by molar-refractivity contribution is -0.169. The number of furan rings is 1. The fraction of sp³-hybridized carbons (Fsp3) is 0.208. The SMILES string of the molecule is CCc1cc(CS(C)=NC(=O)C(F)(F)F)cc(Nc2cc(-c3ccc(F)c4ccoc34)c(F)cn2)n1. The molecule has 1 aromatic carbocycles. The van der Waals surface area contributed by atoms with Gasteiger partial charge >= 0.3 is 12.1 Å². The van der Waals surface area contributed by atoms with Crippen molar-refractivity contribution in [3.05, 3.63) is 71.8 Å². The van der Waals surface area contributed by atoms with Crippen molar-refractivity contribution in [2.24, 2.45) is 4.36 Å². The van der Waals surface area contributed by atoms with Gasteiger partial charge in [0, 0.05) is 22.6 Å². The Morgan fingerprint density at radius 3 is 2.58 bits per heavy atom. The summed E-state index contributed by atoms with van der Waals surface area (Å²) in [5, 5.41) is 3.19. The number of nitrogens with one attached hydrogen (secondary N) is 1. The number of nitrogens with zero attached hydrogens (tertiary/aromatic N) is 3. The van der Waals surface area contributed by atoms with Crippen LogP contribution in [-0.2, 0) is 27.7 Å². The van der Waals surface area contributed by atoms with Crippen LogP contribution in [0, 0.1) is 11.6 Å². The highest BCUT2D eigenvalue weighted by Gasteiger charge is 2.38. The van der Waals surface area contributed by atoms with E-state index in [1.807, 2.05) is 6.92 Å². The molecular formula is C24H19F5N4O2S. The Morgan fingerprint density at radius 2 is 1.86 bits per heavy atom. The van der Waals surface area contributed by atoms with Gasteiger partial charge in [0.1, 0.15) is 28.9 Å². The molecule has 1 unspecified atom stereocenters. The maximum atomic E-state index is 14.7. The van der Waals surface area contributed by atoms with E-state index >= 15 is 0 Å². The van der Waals surface area contributed by atoms with Crippen LogP contribution in [0.15, 0.2) is 57.6 Å². The molecule has 6 nitrogen and oxygen atoms in total. The molecule has 0 bridgehead atoms. The Labute approximate surface area is 204 Å². The third-order valence-corrected chi connectivity index (χ3v) is 6.35. The zero-order chi connectivity index (χ0) is 26.0. The van der Waals surface area contributed by atoms with E-state index in [-0.39, 0.29) is 28.1 Å². The fourth-order valence-corrected chi connectivity index (χ4v) is 4.63. The summed E-state index contributed by atoms with van der Waals surface area (Å²) in [6, 6.07) is 8.82. The van der Waals surface area contributed by atoms with E-state index in [0.29, 0.717) is 29.1 Å². The standard InChI is InChI=1S/C24H19F5N4O2S/c1-3-14-8-13(12-36(2)33-23(34)24(27,28)29)9-21(31-14)32-20-10-17(19(26)11-30-20)15-4-5-18(25)16-6-7-35-22(15)16/h4-11H,3,12H2,1-2H3,(H,30,31,32). The van der Waals surface area contributed by atoms with Gasteiger partial charge in [0.25, 0.3) is 0 Å². The van der Waals surface area contributed by atoms with Gasteiger partial charge in [0.05, 0.1) is 17.8 Å². The van der Waals surface area contributed by atoms with Crippen molar-refractivity contribution < 1.29 is 31.2 Å². The molecule has 3 heterocycles. The van der Waals surface area contributed by atoms with Crippen molar-refractivity contribution in [1.82, 2.24) is 9.97 Å². The number of pyridine rings is 2. The highest BCUT2D eigenvalue weighted by atomic mass is 32.2. The molecule has 0 aliphatic rings. The lowest BCUT2D eigenvalue weighted by Gasteiger charge is -2.12. The van der Waals surface area contributed by atoms with Crippen LogP contribution in [0.1, 0.15) is 18.2 Å². The Balaban J connectivity index is 1.65. The van der Waals surface area contributed by atoms with Crippen molar-refractivity contribution in [3.63, 3.8) is 0 Å². The third kappa shape index (κ3) is 5.59. The van der Waals surface area contributed by atoms with Crippen molar-refractivity contribution >= 4 is 39.2 Å². The Morgan fingerprint density at radius 1 is 1.08 bits per heavy atom. The van der Waals surface area contributed by atoms with Gasteiger partial charge in [-0.15, -0.1) is 0 Å². The number of halogens is 5. The first-order valence-electron chi connectivity index (χ1n) is 10.6. The quantitative estimate of drug-likeness (QED) is 0.293. The minimum atomic E-state index is -5.02. The van der Waals surface area contributed by atoms with Gasteiger partial charge in [-0.1, -0.05) is 17.6 Å². The minimum Gasteiger partial charge on any atom is -0.464 e. The molecule has 0 saturated carbocycles. The maximum Gasteiger partial charge on any atom is 0.474 e. The van der Waals surface area contributed by atoms with Crippen LogP contribution in [-0.4, -0.2) is 28.3 Å². The van der Waals surface area contributed by atoms with Gasteiger partial charge in [0.15, 0.2) is 0 Å². The Hall–Kier alpha value is -3.67. The second kappa shape index (κ2) is 10.1. The number of fused-ring (bicyclic) bond motifs is 1.